The van der Waals surface area contributed by atoms with Crippen LogP contribution in [0.3, 0.4) is 0 Å². The second-order valence-corrected chi connectivity index (χ2v) is 7.97. The number of benzene rings is 1. The number of hydrogen-bond acceptors (Lipinski definition) is 5. The van der Waals surface area contributed by atoms with Crippen molar-refractivity contribution in [3.05, 3.63) is 53.5 Å². The summed E-state index contributed by atoms with van der Waals surface area (Å²) in [5.74, 6) is 0.443. The van der Waals surface area contributed by atoms with Gasteiger partial charge in [0.25, 0.3) is 5.91 Å². The molecule has 0 saturated carbocycles. The van der Waals surface area contributed by atoms with Crippen molar-refractivity contribution in [2.24, 2.45) is 0 Å². The van der Waals surface area contributed by atoms with Crippen LogP contribution in [0.25, 0.3) is 0 Å². The van der Waals surface area contributed by atoms with Gasteiger partial charge in [-0.15, -0.1) is 0 Å². The molecule has 1 N–H and O–H groups in total. The predicted octanol–water partition coefficient (Wildman–Crippen LogP) is 2.02. The van der Waals surface area contributed by atoms with Gasteiger partial charge in [-0.3, -0.25) is 9.69 Å². The molecule has 0 aliphatic carbocycles. The van der Waals surface area contributed by atoms with E-state index in [0.29, 0.717) is 12.1 Å². The molecule has 0 bridgehead atoms. The number of likely N-dealkylation sites (N-methyl/N-ethyl adjacent to an activating group) is 1. The predicted molar refractivity (Wildman–Crippen MR) is 91.8 cm³/mol. The van der Waals surface area contributed by atoms with E-state index in [2.05, 4.69) is 5.32 Å². The topological polar surface area (TPSA) is 79.6 Å². The number of hydrogen-bond donors (Lipinski definition) is 1. The van der Waals surface area contributed by atoms with Gasteiger partial charge in [0.05, 0.1) is 17.2 Å². The van der Waals surface area contributed by atoms with Crippen molar-refractivity contribution in [3.8, 4) is 0 Å². The highest BCUT2D eigenvalue weighted by molar-refractivity contribution is 7.90. The number of rotatable bonds is 6. The largest absolute Gasteiger partial charge is 0.468 e. The Bertz CT molecular complexity index is 811. The summed E-state index contributed by atoms with van der Waals surface area (Å²) >= 11 is 0. The SMILES string of the molecule is Cc1ccc(S(C)(=O)=O)cc1C(=O)NCC(c1ccco1)N(C)C. The minimum Gasteiger partial charge on any atom is -0.468 e. The molecule has 1 heterocycles. The molecule has 2 aromatic rings. The van der Waals surface area contributed by atoms with Crippen LogP contribution in [0.4, 0.5) is 0 Å². The molecule has 0 saturated heterocycles. The monoisotopic (exact) mass is 350 g/mol. The molecule has 1 aromatic heterocycles. The van der Waals surface area contributed by atoms with Crippen molar-refractivity contribution in [1.82, 2.24) is 10.2 Å². The van der Waals surface area contributed by atoms with Gasteiger partial charge in [-0.1, -0.05) is 6.07 Å². The fraction of sp³-hybridized carbons (Fsp3) is 0.353. The van der Waals surface area contributed by atoms with E-state index in [9.17, 15) is 13.2 Å². The van der Waals surface area contributed by atoms with Gasteiger partial charge in [-0.25, -0.2) is 8.42 Å². The number of aryl methyl sites for hydroxylation is 1. The highest BCUT2D eigenvalue weighted by atomic mass is 32.2. The summed E-state index contributed by atoms with van der Waals surface area (Å²) < 4.78 is 28.8. The minimum atomic E-state index is -3.36. The molecule has 1 atom stereocenters. The lowest BCUT2D eigenvalue weighted by atomic mass is 10.1. The summed E-state index contributed by atoms with van der Waals surface area (Å²) in [5.41, 5.74) is 1.08. The summed E-state index contributed by atoms with van der Waals surface area (Å²) in [6, 6.07) is 8.10. The summed E-state index contributed by atoms with van der Waals surface area (Å²) in [4.78, 5) is 14.6. The lowest BCUT2D eigenvalue weighted by Gasteiger charge is -2.22. The molecule has 6 nitrogen and oxygen atoms in total. The normalized spacial score (nSPS) is 13.0. The van der Waals surface area contributed by atoms with Crippen molar-refractivity contribution < 1.29 is 17.6 Å². The quantitative estimate of drug-likeness (QED) is 0.862. The van der Waals surface area contributed by atoms with E-state index in [4.69, 9.17) is 4.42 Å². The van der Waals surface area contributed by atoms with E-state index in [1.807, 2.05) is 25.1 Å². The first-order chi connectivity index (χ1) is 11.2. The van der Waals surface area contributed by atoms with Gasteiger partial charge in [-0.05, 0) is 50.8 Å². The number of amides is 1. The van der Waals surface area contributed by atoms with E-state index in [1.54, 1.807) is 25.3 Å². The first-order valence-electron chi connectivity index (χ1n) is 7.49. The van der Waals surface area contributed by atoms with Gasteiger partial charge in [-0.2, -0.15) is 0 Å². The van der Waals surface area contributed by atoms with Gasteiger partial charge in [0, 0.05) is 18.4 Å². The third kappa shape index (κ3) is 4.24. The molecule has 24 heavy (non-hydrogen) atoms. The van der Waals surface area contributed by atoms with Crippen molar-refractivity contribution in [3.63, 3.8) is 0 Å². The lowest BCUT2D eigenvalue weighted by Crippen LogP contribution is -2.34. The third-order valence-corrected chi connectivity index (χ3v) is 4.94. The Balaban J connectivity index is 2.18. The molecule has 0 fully saturated rings. The Morgan fingerprint density at radius 3 is 2.54 bits per heavy atom. The van der Waals surface area contributed by atoms with Gasteiger partial charge in [0.15, 0.2) is 9.84 Å². The zero-order valence-electron chi connectivity index (χ0n) is 14.2. The number of furan rings is 1. The lowest BCUT2D eigenvalue weighted by molar-refractivity contribution is 0.0938. The molecule has 2 rings (SSSR count). The Morgan fingerprint density at radius 1 is 1.29 bits per heavy atom. The first kappa shape index (κ1) is 18.2. The van der Waals surface area contributed by atoms with Gasteiger partial charge in [0.1, 0.15) is 5.76 Å². The summed E-state index contributed by atoms with van der Waals surface area (Å²) in [7, 11) is 0.436. The summed E-state index contributed by atoms with van der Waals surface area (Å²) in [6.07, 6.45) is 2.71. The van der Waals surface area contributed by atoms with Crippen LogP contribution in [0.15, 0.2) is 45.9 Å². The molecule has 0 aliphatic rings. The molecule has 7 heteroatoms. The van der Waals surface area contributed by atoms with Crippen LogP contribution in [0, 0.1) is 6.92 Å². The maximum Gasteiger partial charge on any atom is 0.251 e. The van der Waals surface area contributed by atoms with Crippen molar-refractivity contribution in [2.45, 2.75) is 17.9 Å². The van der Waals surface area contributed by atoms with Crippen LogP contribution in [0.2, 0.25) is 0 Å². The second-order valence-electron chi connectivity index (χ2n) is 5.95. The highest BCUT2D eigenvalue weighted by Crippen LogP contribution is 2.19. The Morgan fingerprint density at radius 2 is 2.00 bits per heavy atom. The molecule has 130 valence electrons. The van der Waals surface area contributed by atoms with Gasteiger partial charge in [0.2, 0.25) is 0 Å². The van der Waals surface area contributed by atoms with E-state index in [1.165, 1.54) is 12.1 Å². The average Bonchev–Trinajstić information content (AvgIpc) is 3.00. The van der Waals surface area contributed by atoms with Crippen LogP contribution in [0.5, 0.6) is 0 Å². The number of carbonyl (C=O) groups excluding carboxylic acids is 1. The summed E-state index contributed by atoms with van der Waals surface area (Å²) in [5, 5.41) is 2.85. The standard InChI is InChI=1S/C17H22N2O4S/c1-12-7-8-13(24(4,21)22)10-14(12)17(20)18-11-15(19(2)3)16-6-5-9-23-16/h5-10,15H,11H2,1-4H3,(H,18,20). The molecule has 0 aliphatic heterocycles. The molecular weight excluding hydrogens is 328 g/mol. The maximum absolute atomic E-state index is 12.5. The van der Waals surface area contributed by atoms with Crippen LogP contribution >= 0.6 is 0 Å². The van der Waals surface area contributed by atoms with Crippen molar-refractivity contribution in [1.29, 1.82) is 0 Å². The maximum atomic E-state index is 12.5. The van der Waals surface area contributed by atoms with Gasteiger partial charge < -0.3 is 9.73 Å². The van der Waals surface area contributed by atoms with Crippen molar-refractivity contribution in [2.75, 3.05) is 26.9 Å². The minimum absolute atomic E-state index is 0.109. The molecule has 1 unspecified atom stereocenters. The molecular formula is C17H22N2O4S. The number of sulfone groups is 1. The van der Waals surface area contributed by atoms with Crippen LogP contribution in [0.1, 0.15) is 27.7 Å². The number of carbonyl (C=O) groups is 1. The fourth-order valence-corrected chi connectivity index (χ4v) is 3.03. The molecule has 1 aromatic carbocycles. The smallest absolute Gasteiger partial charge is 0.251 e. The molecule has 0 spiro atoms. The van der Waals surface area contributed by atoms with E-state index >= 15 is 0 Å². The Kier molecular flexibility index (Phi) is 5.46. The second kappa shape index (κ2) is 7.19. The molecule has 1 amide bonds. The first-order valence-corrected chi connectivity index (χ1v) is 9.38. The highest BCUT2D eigenvalue weighted by Gasteiger charge is 2.20. The van der Waals surface area contributed by atoms with E-state index in [-0.39, 0.29) is 16.8 Å². The molecule has 0 radical (unpaired) electrons. The third-order valence-electron chi connectivity index (χ3n) is 3.83. The van der Waals surface area contributed by atoms with E-state index < -0.39 is 9.84 Å². The number of nitrogens with zero attached hydrogens (tertiary/aromatic N) is 1. The summed E-state index contributed by atoms with van der Waals surface area (Å²) in [6.45, 7) is 2.12. The van der Waals surface area contributed by atoms with Crippen LogP contribution in [-0.4, -0.2) is 46.1 Å². The van der Waals surface area contributed by atoms with E-state index in [0.717, 1.165) is 17.6 Å². The average molecular weight is 350 g/mol. The Labute approximate surface area is 142 Å². The zero-order valence-corrected chi connectivity index (χ0v) is 15.1. The van der Waals surface area contributed by atoms with Gasteiger partial charge >= 0.3 is 0 Å². The van der Waals surface area contributed by atoms with Crippen LogP contribution in [-0.2, 0) is 9.84 Å². The van der Waals surface area contributed by atoms with Crippen molar-refractivity contribution >= 4 is 15.7 Å². The number of nitrogens with one attached hydrogen (secondary N) is 1. The Hall–Kier alpha value is -2.12. The van der Waals surface area contributed by atoms with Crippen LogP contribution < -0.4 is 5.32 Å². The fourth-order valence-electron chi connectivity index (χ4n) is 2.38. The zero-order chi connectivity index (χ0) is 17.9.